The highest BCUT2D eigenvalue weighted by Gasteiger charge is 2.46. The first-order chi connectivity index (χ1) is 19.6. The Morgan fingerprint density at radius 3 is 2.44 bits per heavy atom. The number of allylic oxidation sites excluding steroid dienone is 4. The van der Waals surface area contributed by atoms with Crippen molar-refractivity contribution in [3.8, 4) is 6.07 Å². The lowest BCUT2D eigenvalue weighted by Crippen LogP contribution is -2.58. The van der Waals surface area contributed by atoms with Gasteiger partial charge in [0.25, 0.3) is 0 Å². The third-order valence-corrected chi connectivity index (χ3v) is 8.69. The van der Waals surface area contributed by atoms with Crippen molar-refractivity contribution in [1.29, 1.82) is 5.26 Å². The fourth-order valence-electron chi connectivity index (χ4n) is 6.34. The average Bonchev–Trinajstić information content (AvgIpc) is 2.98. The number of carbonyl (C=O) groups is 2. The molecule has 0 bridgehead atoms. The van der Waals surface area contributed by atoms with Crippen molar-refractivity contribution in [3.05, 3.63) is 64.9 Å². The van der Waals surface area contributed by atoms with Crippen molar-refractivity contribution < 1.29 is 22.8 Å². The van der Waals surface area contributed by atoms with Crippen LogP contribution >= 0.6 is 0 Å². The molecule has 1 unspecified atom stereocenters. The zero-order valence-electron chi connectivity index (χ0n) is 24.1. The normalized spacial score (nSPS) is 22.3. The number of halogens is 3. The lowest BCUT2D eigenvalue weighted by Gasteiger charge is -2.47. The molecular weight excluding hydrogens is 529 g/mol. The fourth-order valence-corrected chi connectivity index (χ4v) is 6.34. The summed E-state index contributed by atoms with van der Waals surface area (Å²) in [6.07, 6.45) is 5.88. The van der Waals surface area contributed by atoms with Crippen LogP contribution in [0.3, 0.4) is 0 Å². The molecule has 1 aliphatic heterocycles. The highest BCUT2D eigenvalue weighted by atomic mass is 19.4. The topological polar surface area (TPSA) is 67.7 Å². The molecule has 2 aliphatic carbocycles. The van der Waals surface area contributed by atoms with E-state index in [0.717, 1.165) is 57.3 Å². The van der Waals surface area contributed by atoms with Gasteiger partial charge in [0, 0.05) is 41.8 Å². The summed E-state index contributed by atoms with van der Waals surface area (Å²) in [5.41, 5.74) is 0.657. The highest BCUT2D eigenvalue weighted by molar-refractivity contribution is 6.06. The quantitative estimate of drug-likeness (QED) is 0.319. The van der Waals surface area contributed by atoms with E-state index in [2.05, 4.69) is 11.0 Å². The molecule has 0 spiro atoms. The van der Waals surface area contributed by atoms with Crippen molar-refractivity contribution >= 4 is 17.5 Å². The van der Waals surface area contributed by atoms with Crippen LogP contribution in [0.2, 0.25) is 0 Å². The number of urea groups is 1. The molecule has 3 aliphatic rings. The van der Waals surface area contributed by atoms with Crippen LogP contribution in [0.15, 0.2) is 59.3 Å². The van der Waals surface area contributed by atoms with Gasteiger partial charge in [-0.25, -0.2) is 4.79 Å². The Hall–Kier alpha value is -3.38. The molecule has 1 heterocycles. The minimum atomic E-state index is -4.57. The Labute approximate surface area is 240 Å². The van der Waals surface area contributed by atoms with Gasteiger partial charge >= 0.3 is 12.2 Å². The minimum Gasteiger partial charge on any atom is -0.315 e. The van der Waals surface area contributed by atoms with E-state index >= 15 is 0 Å². The van der Waals surface area contributed by atoms with Crippen LogP contribution in [0.4, 0.5) is 23.7 Å². The Kier molecular flexibility index (Phi) is 9.75. The van der Waals surface area contributed by atoms with Crippen molar-refractivity contribution in [1.82, 2.24) is 9.80 Å². The van der Waals surface area contributed by atoms with Crippen molar-refractivity contribution in [2.24, 2.45) is 11.8 Å². The van der Waals surface area contributed by atoms with Crippen LogP contribution in [0.25, 0.3) is 0 Å². The molecule has 6 nitrogen and oxygen atoms in total. The van der Waals surface area contributed by atoms with E-state index in [9.17, 15) is 28.0 Å². The monoisotopic (exact) mass is 568 g/mol. The largest absolute Gasteiger partial charge is 0.416 e. The fraction of sp³-hybridized carbons (Fsp3) is 0.531. The molecule has 41 heavy (non-hydrogen) atoms. The number of hydrogen-bond acceptors (Lipinski definition) is 4. The van der Waals surface area contributed by atoms with Gasteiger partial charge < -0.3 is 9.80 Å². The smallest absolute Gasteiger partial charge is 0.315 e. The van der Waals surface area contributed by atoms with Gasteiger partial charge in [0.05, 0.1) is 23.4 Å². The maximum atomic E-state index is 14.3. The molecular formula is C32H39F3N4O2. The van der Waals surface area contributed by atoms with E-state index in [4.69, 9.17) is 0 Å². The van der Waals surface area contributed by atoms with Crippen LogP contribution in [0.1, 0.15) is 64.9 Å². The predicted octanol–water partition coefficient (Wildman–Crippen LogP) is 7.11. The molecule has 0 aromatic heterocycles. The van der Waals surface area contributed by atoms with E-state index in [1.807, 2.05) is 26.0 Å². The van der Waals surface area contributed by atoms with Crippen LogP contribution in [-0.4, -0.2) is 53.8 Å². The second kappa shape index (κ2) is 13.1. The molecule has 220 valence electrons. The first-order valence-corrected chi connectivity index (χ1v) is 14.6. The van der Waals surface area contributed by atoms with Gasteiger partial charge in [-0.05, 0) is 63.6 Å². The number of likely N-dealkylation sites (N-methyl/N-ethyl adjacent to an activating group) is 1. The second-order valence-corrected chi connectivity index (χ2v) is 11.1. The number of hydrogen-bond donors (Lipinski definition) is 0. The van der Waals surface area contributed by atoms with Crippen LogP contribution < -0.4 is 4.90 Å². The van der Waals surface area contributed by atoms with Gasteiger partial charge in [-0.15, -0.1) is 0 Å². The van der Waals surface area contributed by atoms with E-state index in [0.29, 0.717) is 36.4 Å². The third-order valence-electron chi connectivity index (χ3n) is 8.69. The van der Waals surface area contributed by atoms with Gasteiger partial charge in [0.15, 0.2) is 5.78 Å². The Morgan fingerprint density at radius 2 is 1.85 bits per heavy atom. The van der Waals surface area contributed by atoms with E-state index in [1.54, 1.807) is 17.9 Å². The Morgan fingerprint density at radius 1 is 1.15 bits per heavy atom. The van der Waals surface area contributed by atoms with Crippen molar-refractivity contribution in [2.75, 3.05) is 31.1 Å². The second-order valence-electron chi connectivity index (χ2n) is 11.1. The zero-order valence-corrected chi connectivity index (χ0v) is 24.1. The average molecular weight is 569 g/mol. The minimum absolute atomic E-state index is 0.0204. The molecule has 1 fully saturated rings. The summed E-state index contributed by atoms with van der Waals surface area (Å²) in [4.78, 5) is 33.8. The molecule has 0 radical (unpaired) electrons. The molecule has 9 heteroatoms. The number of Topliss-reactive ketones (excluding diaryl/α,β-unsaturated/α-hetero) is 1. The molecule has 2 amide bonds. The third kappa shape index (κ3) is 6.59. The number of amides is 2. The zero-order chi connectivity index (χ0) is 29.7. The number of alkyl halides is 3. The van der Waals surface area contributed by atoms with Crippen LogP contribution in [-0.2, 0) is 11.0 Å². The summed E-state index contributed by atoms with van der Waals surface area (Å²) >= 11 is 0. The van der Waals surface area contributed by atoms with Gasteiger partial charge in [-0.2, -0.15) is 18.4 Å². The summed E-state index contributed by atoms with van der Waals surface area (Å²) in [7, 11) is 0. The van der Waals surface area contributed by atoms with Gasteiger partial charge in [-0.3, -0.25) is 9.69 Å². The van der Waals surface area contributed by atoms with Crippen LogP contribution in [0, 0.1) is 23.2 Å². The summed E-state index contributed by atoms with van der Waals surface area (Å²) in [6.45, 7) is 8.19. The van der Waals surface area contributed by atoms with Crippen LogP contribution in [0.5, 0.6) is 0 Å². The number of ketones is 1. The van der Waals surface area contributed by atoms with Gasteiger partial charge in [0.1, 0.15) is 0 Å². The van der Waals surface area contributed by atoms with Gasteiger partial charge in [0.2, 0.25) is 0 Å². The number of carbonyl (C=O) groups excluding carboxylic acids is 2. The maximum absolute atomic E-state index is 14.3. The first kappa shape index (κ1) is 30.6. The molecule has 4 rings (SSSR count). The SMILES string of the molecule is CCN(CC)CCN1C(=O)N(c2cccc(C(F)(F)F)c2)C(C)=C(C(=O)C2CCCCC2)[C@H]1C1C=CC(C#N)=CC1. The highest BCUT2D eigenvalue weighted by Crippen LogP contribution is 2.41. The van der Waals surface area contributed by atoms with E-state index in [-0.39, 0.29) is 23.3 Å². The molecule has 0 saturated heterocycles. The Bertz CT molecular complexity index is 1270. The molecule has 1 aromatic rings. The van der Waals surface area contributed by atoms with Crippen molar-refractivity contribution in [3.63, 3.8) is 0 Å². The Balaban J connectivity index is 1.87. The maximum Gasteiger partial charge on any atom is 0.416 e. The first-order valence-electron chi connectivity index (χ1n) is 14.6. The summed E-state index contributed by atoms with van der Waals surface area (Å²) in [6, 6.07) is 5.88. The number of nitriles is 1. The van der Waals surface area contributed by atoms with Gasteiger partial charge in [-0.1, -0.05) is 51.3 Å². The molecule has 1 saturated carbocycles. The lowest BCUT2D eigenvalue weighted by molar-refractivity contribution is -0.137. The van der Waals surface area contributed by atoms with E-state index in [1.165, 1.54) is 17.0 Å². The molecule has 0 N–H and O–H groups in total. The predicted molar refractivity (Wildman–Crippen MR) is 153 cm³/mol. The summed E-state index contributed by atoms with van der Waals surface area (Å²) < 4.78 is 41.1. The number of benzene rings is 1. The summed E-state index contributed by atoms with van der Waals surface area (Å²) in [5, 5.41) is 9.38. The molecule has 1 aromatic carbocycles. The number of rotatable bonds is 9. The van der Waals surface area contributed by atoms with E-state index < -0.39 is 23.8 Å². The van der Waals surface area contributed by atoms with Crippen molar-refractivity contribution in [2.45, 2.75) is 71.5 Å². The number of anilines is 1. The molecule has 2 atom stereocenters. The standard InChI is InChI=1S/C32H39F3N4O2/c1-4-37(5-2)18-19-38-29(24-16-14-23(21-36)15-17-24)28(30(40)25-10-7-6-8-11-25)22(3)39(31(38)41)27-13-9-12-26(20-27)32(33,34)35/h9,12-16,20,24-25,29H,4-8,10-11,17-19H2,1-3H3/t24?,29-/m1/s1. The lowest BCUT2D eigenvalue weighted by atomic mass is 9.76. The summed E-state index contributed by atoms with van der Waals surface area (Å²) in [5.74, 6) is -0.447. The number of nitrogens with zero attached hydrogens (tertiary/aromatic N) is 4.